The number of carbonyl (C=O) groups excluding carboxylic acids is 1. The molecule has 0 aliphatic rings. The molecule has 0 aromatic carbocycles. The molecule has 1 atom stereocenters. The maximum absolute atomic E-state index is 11.8. The summed E-state index contributed by atoms with van der Waals surface area (Å²) < 4.78 is 0.951. The average Bonchev–Trinajstić information content (AvgIpc) is 2.65. The number of nitrogens with two attached hydrogens (primary N) is 1. The van der Waals surface area contributed by atoms with Crippen LogP contribution < -0.4 is 11.1 Å². The summed E-state index contributed by atoms with van der Waals surface area (Å²) in [5, 5.41) is 14.1. The highest BCUT2D eigenvalue weighted by molar-refractivity contribution is 9.11. The molecule has 0 bridgehead atoms. The van der Waals surface area contributed by atoms with Crippen molar-refractivity contribution < 1.29 is 10.0 Å². The zero-order chi connectivity index (χ0) is 13.0. The Bertz CT molecular complexity index is 425. The molecule has 1 aromatic heterocycles. The van der Waals surface area contributed by atoms with Crippen LogP contribution in [-0.4, -0.2) is 23.5 Å². The lowest BCUT2D eigenvalue weighted by Crippen LogP contribution is -2.34. The average molecular weight is 320 g/mol. The van der Waals surface area contributed by atoms with E-state index in [1.165, 1.54) is 11.3 Å². The number of nitrogens with one attached hydrogen (secondary N) is 1. The summed E-state index contributed by atoms with van der Waals surface area (Å²) in [6, 6.07) is 1.82. The molecule has 0 fully saturated rings. The largest absolute Gasteiger partial charge is 0.409 e. The van der Waals surface area contributed by atoms with Gasteiger partial charge in [-0.2, -0.15) is 0 Å². The second-order valence-corrected chi connectivity index (χ2v) is 6.07. The van der Waals surface area contributed by atoms with Gasteiger partial charge in [-0.15, -0.1) is 11.3 Å². The molecule has 1 unspecified atom stereocenters. The minimum Gasteiger partial charge on any atom is -0.409 e. The molecule has 0 aliphatic heterocycles. The number of oxime groups is 1. The molecule has 7 heteroatoms. The molecule has 4 N–H and O–H groups in total. The first-order valence-electron chi connectivity index (χ1n) is 4.97. The summed E-state index contributed by atoms with van der Waals surface area (Å²) in [6.07, 6.45) is 0. The van der Waals surface area contributed by atoms with Gasteiger partial charge in [0.1, 0.15) is 5.84 Å². The van der Waals surface area contributed by atoms with Crippen molar-refractivity contribution in [1.82, 2.24) is 5.32 Å². The monoisotopic (exact) mass is 319 g/mol. The predicted molar refractivity (Wildman–Crippen MR) is 71.7 cm³/mol. The number of thiophene rings is 1. The summed E-state index contributed by atoms with van der Waals surface area (Å²) in [4.78, 5) is 12.4. The number of halogens is 1. The van der Waals surface area contributed by atoms with E-state index in [9.17, 15) is 4.79 Å². The van der Waals surface area contributed by atoms with Crippen LogP contribution in [0.2, 0.25) is 0 Å². The van der Waals surface area contributed by atoms with Gasteiger partial charge in [0.15, 0.2) is 0 Å². The van der Waals surface area contributed by atoms with Gasteiger partial charge in [-0.1, -0.05) is 12.1 Å². The van der Waals surface area contributed by atoms with Crippen molar-refractivity contribution in [2.24, 2.45) is 16.8 Å². The normalized spacial score (nSPS) is 13.5. The molecule has 17 heavy (non-hydrogen) atoms. The molecule has 1 aromatic rings. The molecular weight excluding hydrogens is 306 g/mol. The van der Waals surface area contributed by atoms with E-state index in [4.69, 9.17) is 10.9 Å². The van der Waals surface area contributed by atoms with Crippen molar-refractivity contribution in [3.05, 3.63) is 20.3 Å². The van der Waals surface area contributed by atoms with Crippen LogP contribution in [0, 0.1) is 12.8 Å². The van der Waals surface area contributed by atoms with Crippen LogP contribution >= 0.6 is 27.3 Å². The number of amides is 1. The number of aryl methyl sites for hydroxylation is 1. The van der Waals surface area contributed by atoms with Gasteiger partial charge in [0.25, 0.3) is 5.91 Å². The van der Waals surface area contributed by atoms with Gasteiger partial charge >= 0.3 is 0 Å². The first-order chi connectivity index (χ1) is 7.95. The Kier molecular flexibility index (Phi) is 4.95. The predicted octanol–water partition coefficient (Wildman–Crippen LogP) is 1.93. The van der Waals surface area contributed by atoms with Crippen LogP contribution in [0.5, 0.6) is 0 Å². The van der Waals surface area contributed by atoms with E-state index >= 15 is 0 Å². The molecule has 1 rings (SSSR count). The highest BCUT2D eigenvalue weighted by atomic mass is 79.9. The lowest BCUT2D eigenvalue weighted by atomic mass is 10.1. The third-order valence-corrected chi connectivity index (χ3v) is 4.41. The van der Waals surface area contributed by atoms with Crippen molar-refractivity contribution in [2.75, 3.05) is 6.54 Å². The number of hydrogen-bond acceptors (Lipinski definition) is 4. The lowest BCUT2D eigenvalue weighted by molar-refractivity contribution is 0.0955. The summed E-state index contributed by atoms with van der Waals surface area (Å²) in [5.41, 5.74) is 6.45. The fourth-order valence-corrected chi connectivity index (χ4v) is 2.56. The molecule has 5 nitrogen and oxygen atoms in total. The summed E-state index contributed by atoms with van der Waals surface area (Å²) in [5.74, 6) is -0.247. The van der Waals surface area contributed by atoms with E-state index in [0.29, 0.717) is 11.4 Å². The molecule has 1 amide bonds. The van der Waals surface area contributed by atoms with Crippen LogP contribution in [0.25, 0.3) is 0 Å². The molecule has 0 radical (unpaired) electrons. The van der Waals surface area contributed by atoms with Crippen LogP contribution in [0.1, 0.15) is 22.2 Å². The van der Waals surface area contributed by atoms with Gasteiger partial charge in [-0.05, 0) is 34.5 Å². The Morgan fingerprint density at radius 1 is 1.76 bits per heavy atom. The zero-order valence-electron chi connectivity index (χ0n) is 9.53. The number of hydrogen-bond donors (Lipinski definition) is 3. The molecule has 94 valence electrons. The topological polar surface area (TPSA) is 87.7 Å². The van der Waals surface area contributed by atoms with Crippen molar-refractivity contribution >= 4 is 39.0 Å². The van der Waals surface area contributed by atoms with Gasteiger partial charge in [-0.25, -0.2) is 0 Å². The Morgan fingerprint density at radius 3 is 2.88 bits per heavy atom. The van der Waals surface area contributed by atoms with Gasteiger partial charge in [0, 0.05) is 12.5 Å². The molecule has 0 aliphatic carbocycles. The first-order valence-corrected chi connectivity index (χ1v) is 6.58. The number of carbonyl (C=O) groups is 1. The summed E-state index contributed by atoms with van der Waals surface area (Å²) in [7, 11) is 0. The lowest BCUT2D eigenvalue weighted by Gasteiger charge is -2.09. The second kappa shape index (κ2) is 6.02. The SMILES string of the molecule is Cc1cc(C(=O)NCC(C)C(N)=NO)sc1Br. The highest BCUT2D eigenvalue weighted by Crippen LogP contribution is 2.27. The van der Waals surface area contributed by atoms with Crippen LogP contribution in [0.15, 0.2) is 15.0 Å². The Morgan fingerprint density at radius 2 is 2.41 bits per heavy atom. The Labute approximate surface area is 112 Å². The van der Waals surface area contributed by atoms with Gasteiger partial charge in [-0.3, -0.25) is 4.79 Å². The minimum atomic E-state index is -0.201. The van der Waals surface area contributed by atoms with E-state index in [0.717, 1.165) is 9.35 Å². The summed E-state index contributed by atoms with van der Waals surface area (Å²) in [6.45, 7) is 4.03. The van der Waals surface area contributed by atoms with E-state index in [1.807, 2.05) is 13.0 Å². The minimum absolute atomic E-state index is 0.105. The van der Waals surface area contributed by atoms with Crippen molar-refractivity contribution in [3.8, 4) is 0 Å². The molecule has 1 heterocycles. The third-order valence-electron chi connectivity index (χ3n) is 2.27. The molecule has 0 saturated heterocycles. The first kappa shape index (κ1) is 14.0. The van der Waals surface area contributed by atoms with Gasteiger partial charge in [0.2, 0.25) is 0 Å². The van der Waals surface area contributed by atoms with Crippen molar-refractivity contribution in [3.63, 3.8) is 0 Å². The fourth-order valence-electron chi connectivity index (χ4n) is 1.11. The maximum atomic E-state index is 11.8. The fraction of sp³-hybridized carbons (Fsp3) is 0.400. The number of amidine groups is 1. The van der Waals surface area contributed by atoms with Crippen molar-refractivity contribution in [2.45, 2.75) is 13.8 Å². The van der Waals surface area contributed by atoms with Gasteiger partial charge < -0.3 is 16.3 Å². The van der Waals surface area contributed by atoms with Gasteiger partial charge in [0.05, 0.1) is 8.66 Å². The van der Waals surface area contributed by atoms with Crippen LogP contribution in [0.4, 0.5) is 0 Å². The third kappa shape index (κ3) is 3.71. The number of rotatable bonds is 4. The van der Waals surface area contributed by atoms with E-state index in [1.54, 1.807) is 6.92 Å². The zero-order valence-corrected chi connectivity index (χ0v) is 11.9. The summed E-state index contributed by atoms with van der Waals surface area (Å²) >= 11 is 4.75. The number of nitrogens with zero attached hydrogens (tertiary/aromatic N) is 1. The Balaban J connectivity index is 2.56. The molecule has 0 saturated carbocycles. The highest BCUT2D eigenvalue weighted by Gasteiger charge is 2.13. The quantitative estimate of drug-likeness (QED) is 0.343. The van der Waals surface area contributed by atoms with Crippen LogP contribution in [-0.2, 0) is 0 Å². The van der Waals surface area contributed by atoms with Crippen molar-refractivity contribution in [1.29, 1.82) is 0 Å². The molecular formula is C10H14BrN3O2S. The molecule has 0 spiro atoms. The smallest absolute Gasteiger partial charge is 0.261 e. The Hall–Kier alpha value is -1.08. The maximum Gasteiger partial charge on any atom is 0.261 e. The van der Waals surface area contributed by atoms with E-state index < -0.39 is 0 Å². The standard InChI is InChI=1S/C10H14BrN3O2S/c1-5-3-7(17-8(5)11)10(15)13-4-6(2)9(12)14-16/h3,6,16H,4H2,1-2H3,(H2,12,14)(H,13,15). The van der Waals surface area contributed by atoms with E-state index in [-0.39, 0.29) is 17.7 Å². The van der Waals surface area contributed by atoms with E-state index in [2.05, 4.69) is 26.4 Å². The van der Waals surface area contributed by atoms with Crippen LogP contribution in [0.3, 0.4) is 0 Å². The second-order valence-electron chi connectivity index (χ2n) is 3.70.